The first-order valence-electron chi connectivity index (χ1n) is 12.3. The summed E-state index contributed by atoms with van der Waals surface area (Å²) < 4.78 is 85.4. The van der Waals surface area contributed by atoms with Crippen LogP contribution in [0.25, 0.3) is 0 Å². The topological polar surface area (TPSA) is 191 Å². The van der Waals surface area contributed by atoms with Crippen LogP contribution in [0.5, 0.6) is 0 Å². The van der Waals surface area contributed by atoms with Crippen LogP contribution >= 0.6 is 0 Å². The van der Waals surface area contributed by atoms with Crippen molar-refractivity contribution in [2.75, 3.05) is 13.1 Å². The molecule has 19 heteroatoms. The number of hydrogen-bond donors (Lipinski definition) is 7. The van der Waals surface area contributed by atoms with Gasteiger partial charge in [-0.2, -0.15) is 26.3 Å². The summed E-state index contributed by atoms with van der Waals surface area (Å²) in [6.07, 6.45) is -12.6. The fourth-order valence-corrected chi connectivity index (χ4v) is 5.83. The van der Waals surface area contributed by atoms with E-state index < -0.39 is 101 Å². The van der Waals surface area contributed by atoms with E-state index in [-0.39, 0.29) is 31.2 Å². The molecule has 1 spiro atoms. The van der Waals surface area contributed by atoms with E-state index in [0.717, 1.165) is 9.80 Å². The van der Waals surface area contributed by atoms with Gasteiger partial charge in [0.15, 0.2) is 23.7 Å². The third kappa shape index (κ3) is 4.29. The Kier molecular flexibility index (Phi) is 6.42. The van der Waals surface area contributed by atoms with Gasteiger partial charge in [-0.3, -0.25) is 25.3 Å². The second-order valence-electron chi connectivity index (χ2n) is 10.4. The summed E-state index contributed by atoms with van der Waals surface area (Å²) >= 11 is 0. The second kappa shape index (κ2) is 9.18. The number of halogens is 6. The third-order valence-corrected chi connectivity index (χ3v) is 7.81. The van der Waals surface area contributed by atoms with Crippen LogP contribution in [0.3, 0.4) is 0 Å². The highest BCUT2D eigenvalue weighted by Gasteiger charge is 2.75. The number of aliphatic hydroxyl groups is 2. The molecule has 2 amide bonds. The number of nitrogens with one attached hydrogen (secondary N) is 5. The number of amides is 2. The maximum absolute atomic E-state index is 13.6. The summed E-state index contributed by atoms with van der Waals surface area (Å²) in [6, 6.07) is -2.34. The monoisotopic (exact) mass is 607 g/mol. The highest BCUT2D eigenvalue weighted by atomic mass is 19.4. The van der Waals surface area contributed by atoms with Crippen molar-refractivity contribution in [2.45, 2.75) is 55.3 Å². The molecule has 1 aromatic carbocycles. The Morgan fingerprint density at radius 1 is 1.12 bits per heavy atom. The van der Waals surface area contributed by atoms with Crippen molar-refractivity contribution < 1.29 is 55.7 Å². The molecule has 0 saturated carbocycles. The lowest BCUT2D eigenvalue weighted by Gasteiger charge is -2.51. The summed E-state index contributed by atoms with van der Waals surface area (Å²) in [5.74, 6) is -8.01. The third-order valence-electron chi connectivity index (χ3n) is 7.81. The number of carbonyl (C=O) groups is 3. The number of nitrogens with zero attached hydrogens (tertiary/aromatic N) is 2. The van der Waals surface area contributed by atoms with Gasteiger partial charge in [-0.05, 0) is 18.2 Å². The lowest BCUT2D eigenvalue weighted by molar-refractivity contribution is -0.258. The minimum atomic E-state index is -5.28. The van der Waals surface area contributed by atoms with Gasteiger partial charge in [0, 0.05) is 12.3 Å². The number of rotatable bonds is 4. The van der Waals surface area contributed by atoms with Gasteiger partial charge in [0.25, 0.3) is 0 Å². The molecule has 5 rings (SSSR count). The Balaban J connectivity index is 1.48. The Hall–Kier alpha value is -4.13. The molecule has 4 aliphatic heterocycles. The maximum Gasteiger partial charge on any atom is 0.417 e. The van der Waals surface area contributed by atoms with Gasteiger partial charge < -0.3 is 35.8 Å². The molecule has 4 fully saturated rings. The Labute approximate surface area is 231 Å². The smallest absolute Gasteiger partial charge is 0.417 e. The standard InChI is InChI=1S/C23H23F6N7O6/c1-8-4-14(37)35(16(8)38)6-12-15-20(34-18(30)33-15)21(40,41)13(7-36(20)19(31)32-12)42-17(39)10-5-9(22(24,25)26)2-3-11(10)23(27,28)29/h2-3,5,8,12-13,15,40-41H,4,6-7H2,1H3,(H2,31,32)(H3,30,33,34)/t8?,12-,13?,15?,20?/m0/s1. The first-order valence-corrected chi connectivity index (χ1v) is 12.3. The maximum atomic E-state index is 13.6. The fraction of sp³-hybridized carbons (Fsp3) is 0.522. The fourth-order valence-electron chi connectivity index (χ4n) is 5.83. The van der Waals surface area contributed by atoms with Crippen LogP contribution in [-0.2, 0) is 26.7 Å². The Morgan fingerprint density at radius 3 is 2.36 bits per heavy atom. The molecule has 13 nitrogen and oxygen atoms in total. The second-order valence-corrected chi connectivity index (χ2v) is 10.4. The number of carbonyl (C=O) groups excluding carboxylic acids is 3. The van der Waals surface area contributed by atoms with Crippen LogP contribution < -0.4 is 16.0 Å². The predicted molar refractivity (Wildman–Crippen MR) is 125 cm³/mol. The Bertz CT molecular complexity index is 1400. The average Bonchev–Trinajstić information content (AvgIpc) is 3.43. The van der Waals surface area contributed by atoms with E-state index in [9.17, 15) is 50.9 Å². The van der Waals surface area contributed by atoms with Gasteiger partial charge in [0.05, 0.1) is 41.9 Å². The normalized spacial score (nSPS) is 30.5. The van der Waals surface area contributed by atoms with Crippen LogP contribution in [0.4, 0.5) is 26.3 Å². The van der Waals surface area contributed by atoms with E-state index in [0.29, 0.717) is 0 Å². The van der Waals surface area contributed by atoms with Crippen LogP contribution in [0.15, 0.2) is 18.2 Å². The number of ether oxygens (including phenoxy) is 1. The van der Waals surface area contributed by atoms with Crippen molar-refractivity contribution in [3.63, 3.8) is 0 Å². The van der Waals surface area contributed by atoms with Gasteiger partial charge in [-0.1, -0.05) is 6.92 Å². The molecule has 0 aromatic heterocycles. The van der Waals surface area contributed by atoms with E-state index in [1.807, 2.05) is 0 Å². The molecular weight excluding hydrogens is 584 g/mol. The minimum Gasteiger partial charge on any atom is -0.451 e. The summed E-state index contributed by atoms with van der Waals surface area (Å²) in [7, 11) is 0. The molecule has 7 N–H and O–H groups in total. The van der Waals surface area contributed by atoms with Gasteiger partial charge >= 0.3 is 18.3 Å². The number of likely N-dealkylation sites (tertiary alicyclic amines) is 1. The zero-order chi connectivity index (χ0) is 31.2. The van der Waals surface area contributed by atoms with E-state index >= 15 is 0 Å². The van der Waals surface area contributed by atoms with E-state index in [1.165, 1.54) is 6.92 Å². The van der Waals surface area contributed by atoms with E-state index in [1.54, 1.807) is 0 Å². The molecule has 228 valence electrons. The average molecular weight is 607 g/mol. The lowest BCUT2D eigenvalue weighted by Crippen LogP contribution is -2.81. The van der Waals surface area contributed by atoms with Crippen LogP contribution in [0, 0.1) is 16.7 Å². The number of benzene rings is 1. The number of hydrogen-bond acceptors (Lipinski definition) is 8. The molecule has 42 heavy (non-hydrogen) atoms. The van der Waals surface area contributed by atoms with Gasteiger partial charge in [0.2, 0.25) is 17.6 Å². The highest BCUT2D eigenvalue weighted by Crippen LogP contribution is 2.45. The zero-order valence-electron chi connectivity index (χ0n) is 21.4. The SMILES string of the molecule is CC1CC(=O)N(C[C@@H]2NC(=N)N3CC(OC(=O)c4cc(C(F)(F)F)ccc4C(F)(F)F)C(O)(O)C34NC(=N)NC24)C1=O. The molecule has 0 aliphatic carbocycles. The summed E-state index contributed by atoms with van der Waals surface area (Å²) in [5, 5.41) is 47.0. The van der Waals surface area contributed by atoms with Crippen LogP contribution in [0.2, 0.25) is 0 Å². The quantitative estimate of drug-likeness (QED) is 0.104. The van der Waals surface area contributed by atoms with Gasteiger partial charge in [0.1, 0.15) is 0 Å². The molecule has 1 aromatic rings. The van der Waals surface area contributed by atoms with Crippen LogP contribution in [0.1, 0.15) is 34.8 Å². The molecule has 0 radical (unpaired) electrons. The number of imide groups is 1. The van der Waals surface area contributed by atoms with Crippen molar-refractivity contribution in [1.82, 2.24) is 25.8 Å². The summed E-state index contributed by atoms with van der Waals surface area (Å²) in [4.78, 5) is 39.6. The van der Waals surface area contributed by atoms with Gasteiger partial charge in [-0.25, -0.2) is 4.79 Å². The van der Waals surface area contributed by atoms with Crippen molar-refractivity contribution in [2.24, 2.45) is 5.92 Å². The minimum absolute atomic E-state index is 0.0486. The molecular formula is C23H23F6N7O6. The molecule has 4 heterocycles. The number of guanidine groups is 2. The highest BCUT2D eigenvalue weighted by molar-refractivity contribution is 6.03. The van der Waals surface area contributed by atoms with Crippen molar-refractivity contribution in [3.8, 4) is 0 Å². The zero-order valence-corrected chi connectivity index (χ0v) is 21.4. The number of alkyl halides is 6. The van der Waals surface area contributed by atoms with E-state index in [2.05, 4.69) is 16.0 Å². The molecule has 4 aliphatic rings. The van der Waals surface area contributed by atoms with E-state index in [4.69, 9.17) is 15.6 Å². The van der Waals surface area contributed by atoms with Crippen LogP contribution in [-0.4, -0.2) is 92.4 Å². The Morgan fingerprint density at radius 2 is 1.79 bits per heavy atom. The molecule has 4 unspecified atom stereocenters. The molecule has 5 atom stereocenters. The summed E-state index contributed by atoms with van der Waals surface area (Å²) in [5.41, 5.74) is -7.20. The first-order chi connectivity index (χ1) is 19.3. The van der Waals surface area contributed by atoms with Gasteiger partial charge in [-0.15, -0.1) is 0 Å². The predicted octanol–water partition coefficient (Wildman–Crippen LogP) is -0.260. The van der Waals surface area contributed by atoms with Crippen molar-refractivity contribution >= 4 is 29.7 Å². The lowest BCUT2D eigenvalue weighted by atomic mass is 9.85. The molecule has 0 bridgehead atoms. The summed E-state index contributed by atoms with van der Waals surface area (Å²) in [6.45, 7) is 0.378. The van der Waals surface area contributed by atoms with Crippen molar-refractivity contribution in [1.29, 1.82) is 10.8 Å². The largest absolute Gasteiger partial charge is 0.451 e. The first kappa shape index (κ1) is 29.4. The van der Waals surface area contributed by atoms with Crippen molar-refractivity contribution in [3.05, 3.63) is 34.9 Å². The molecule has 4 saturated heterocycles. The number of esters is 1.